The van der Waals surface area contributed by atoms with Crippen molar-refractivity contribution in [2.24, 2.45) is 0 Å². The first-order valence-corrected chi connectivity index (χ1v) is 6.46. The van der Waals surface area contributed by atoms with Gasteiger partial charge < -0.3 is 15.5 Å². The van der Waals surface area contributed by atoms with Crippen LogP contribution < -0.4 is 5.32 Å². The number of rotatable bonds is 5. The van der Waals surface area contributed by atoms with Crippen molar-refractivity contribution in [3.8, 4) is 5.75 Å². The number of phenolic OH excluding ortho intramolecular Hbond substituents is 1. The smallest absolute Gasteiger partial charge is 0.337 e. The van der Waals surface area contributed by atoms with E-state index >= 15 is 0 Å². The highest BCUT2D eigenvalue weighted by Gasteiger charge is 2.11. The number of amides is 1. The van der Waals surface area contributed by atoms with Crippen LogP contribution in [0.3, 0.4) is 0 Å². The molecule has 0 aliphatic rings. The average molecular weight is 285 g/mol. The molecule has 0 fully saturated rings. The summed E-state index contributed by atoms with van der Waals surface area (Å²) < 4.78 is 0. The van der Waals surface area contributed by atoms with Gasteiger partial charge in [0.15, 0.2) is 0 Å². The fraction of sp³-hybridized carbons (Fsp3) is 0.125. The highest BCUT2D eigenvalue weighted by molar-refractivity contribution is 6.00. The molecular weight excluding hydrogens is 270 g/mol. The molecule has 0 heterocycles. The maximum absolute atomic E-state index is 11.9. The minimum absolute atomic E-state index is 0.0653. The second-order valence-corrected chi connectivity index (χ2v) is 4.57. The number of anilines is 1. The lowest BCUT2D eigenvalue weighted by molar-refractivity contribution is -0.116. The van der Waals surface area contributed by atoms with E-state index in [1.54, 1.807) is 42.5 Å². The minimum atomic E-state index is -1.08. The number of hydrogen-bond donors (Lipinski definition) is 3. The Labute approximate surface area is 121 Å². The normalized spacial score (nSPS) is 10.1. The zero-order valence-electron chi connectivity index (χ0n) is 11.2. The van der Waals surface area contributed by atoms with E-state index in [-0.39, 0.29) is 23.6 Å². The maximum atomic E-state index is 11.9. The molecule has 2 aromatic carbocycles. The first kappa shape index (κ1) is 14.6. The molecule has 0 bridgehead atoms. The van der Waals surface area contributed by atoms with Crippen LogP contribution in [-0.4, -0.2) is 22.1 Å². The largest absolute Gasteiger partial charge is 0.508 e. The van der Waals surface area contributed by atoms with Crippen molar-refractivity contribution in [3.05, 3.63) is 59.7 Å². The zero-order valence-corrected chi connectivity index (χ0v) is 11.2. The molecule has 5 nitrogen and oxygen atoms in total. The Hall–Kier alpha value is -2.82. The molecule has 0 radical (unpaired) electrons. The van der Waals surface area contributed by atoms with E-state index in [2.05, 4.69) is 5.32 Å². The lowest BCUT2D eigenvalue weighted by Gasteiger charge is -2.08. The highest BCUT2D eigenvalue weighted by Crippen LogP contribution is 2.16. The van der Waals surface area contributed by atoms with Crippen molar-refractivity contribution in [1.82, 2.24) is 0 Å². The molecule has 21 heavy (non-hydrogen) atoms. The first-order chi connectivity index (χ1) is 10.1. The van der Waals surface area contributed by atoms with E-state index in [1.165, 1.54) is 6.07 Å². The second-order valence-electron chi connectivity index (χ2n) is 4.57. The van der Waals surface area contributed by atoms with Gasteiger partial charge in [-0.2, -0.15) is 0 Å². The van der Waals surface area contributed by atoms with E-state index < -0.39 is 5.97 Å². The van der Waals surface area contributed by atoms with Gasteiger partial charge in [0.2, 0.25) is 5.91 Å². The lowest BCUT2D eigenvalue weighted by Crippen LogP contribution is -2.15. The molecule has 1 amide bonds. The van der Waals surface area contributed by atoms with Crippen molar-refractivity contribution >= 4 is 17.6 Å². The summed E-state index contributed by atoms with van der Waals surface area (Å²) in [7, 11) is 0. The van der Waals surface area contributed by atoms with Crippen LogP contribution >= 0.6 is 0 Å². The topological polar surface area (TPSA) is 86.6 Å². The molecule has 2 rings (SSSR count). The van der Waals surface area contributed by atoms with E-state index in [1.807, 2.05) is 0 Å². The predicted octanol–water partition coefficient (Wildman–Crippen LogP) is 2.66. The number of nitrogens with one attached hydrogen (secondary N) is 1. The Balaban J connectivity index is 1.96. The number of para-hydroxylation sites is 1. The summed E-state index contributed by atoms with van der Waals surface area (Å²) in [4.78, 5) is 22.9. The van der Waals surface area contributed by atoms with Crippen molar-refractivity contribution in [1.29, 1.82) is 0 Å². The molecule has 5 heteroatoms. The van der Waals surface area contributed by atoms with E-state index in [0.717, 1.165) is 5.56 Å². The molecule has 0 aromatic heterocycles. The number of carbonyl (C=O) groups excluding carboxylic acids is 1. The molecule has 0 aliphatic carbocycles. The number of phenols is 1. The maximum Gasteiger partial charge on any atom is 0.337 e. The summed E-state index contributed by atoms with van der Waals surface area (Å²) in [5.41, 5.74) is 1.28. The Morgan fingerprint density at radius 1 is 1.00 bits per heavy atom. The standard InChI is InChI=1S/C16H15NO4/c18-12-8-5-11(6-9-12)7-10-15(19)17-14-4-2-1-3-13(14)16(20)21/h1-6,8-9,18H,7,10H2,(H,17,19)(H,20,21). The molecular formula is C16H15NO4. The summed E-state index contributed by atoms with van der Waals surface area (Å²) in [5, 5.41) is 20.8. The molecule has 0 saturated carbocycles. The van der Waals surface area contributed by atoms with Gasteiger partial charge in [0.05, 0.1) is 11.3 Å². The number of carbonyl (C=O) groups is 2. The summed E-state index contributed by atoms with van der Waals surface area (Å²) in [5.74, 6) is -1.15. The van der Waals surface area contributed by atoms with Crippen LogP contribution in [0.4, 0.5) is 5.69 Å². The van der Waals surface area contributed by atoms with E-state index in [9.17, 15) is 14.7 Å². The summed E-state index contributed by atoms with van der Waals surface area (Å²) in [6.45, 7) is 0. The fourth-order valence-corrected chi connectivity index (χ4v) is 1.91. The van der Waals surface area contributed by atoms with Crippen LogP contribution in [0.2, 0.25) is 0 Å². The van der Waals surface area contributed by atoms with Gasteiger partial charge in [0.1, 0.15) is 5.75 Å². The molecule has 0 aliphatic heterocycles. The third-order valence-electron chi connectivity index (χ3n) is 3.01. The van der Waals surface area contributed by atoms with Gasteiger partial charge in [0.25, 0.3) is 0 Å². The Kier molecular flexibility index (Phi) is 4.56. The number of carboxylic acid groups (broad SMARTS) is 1. The van der Waals surface area contributed by atoms with Crippen molar-refractivity contribution in [2.75, 3.05) is 5.32 Å². The Morgan fingerprint density at radius 3 is 2.33 bits per heavy atom. The summed E-state index contributed by atoms with van der Waals surface area (Å²) in [6, 6.07) is 12.9. The van der Waals surface area contributed by atoms with Gasteiger partial charge in [-0.1, -0.05) is 24.3 Å². The minimum Gasteiger partial charge on any atom is -0.508 e. The monoisotopic (exact) mass is 285 g/mol. The van der Waals surface area contributed by atoms with E-state index in [0.29, 0.717) is 12.1 Å². The number of aryl methyl sites for hydroxylation is 1. The molecule has 0 spiro atoms. The molecule has 108 valence electrons. The lowest BCUT2D eigenvalue weighted by atomic mass is 10.1. The van der Waals surface area contributed by atoms with Crippen LogP contribution in [0, 0.1) is 0 Å². The molecule has 0 saturated heterocycles. The average Bonchev–Trinajstić information content (AvgIpc) is 2.47. The number of carboxylic acids is 1. The van der Waals surface area contributed by atoms with Crippen LogP contribution in [0.1, 0.15) is 22.3 Å². The molecule has 0 unspecified atom stereocenters. The van der Waals surface area contributed by atoms with Gasteiger partial charge >= 0.3 is 5.97 Å². The first-order valence-electron chi connectivity index (χ1n) is 6.46. The quantitative estimate of drug-likeness (QED) is 0.788. The van der Waals surface area contributed by atoms with Crippen molar-refractivity contribution < 1.29 is 19.8 Å². The number of aromatic carboxylic acids is 1. The third kappa shape index (κ3) is 4.07. The SMILES string of the molecule is O=C(CCc1ccc(O)cc1)Nc1ccccc1C(=O)O. The van der Waals surface area contributed by atoms with Gasteiger partial charge in [0, 0.05) is 6.42 Å². The van der Waals surface area contributed by atoms with Crippen LogP contribution in [-0.2, 0) is 11.2 Å². The van der Waals surface area contributed by atoms with Gasteiger partial charge in [-0.25, -0.2) is 4.79 Å². The van der Waals surface area contributed by atoms with Crippen molar-refractivity contribution in [3.63, 3.8) is 0 Å². The van der Waals surface area contributed by atoms with Crippen LogP contribution in [0.15, 0.2) is 48.5 Å². The van der Waals surface area contributed by atoms with Gasteiger partial charge in [-0.15, -0.1) is 0 Å². The number of benzene rings is 2. The Morgan fingerprint density at radius 2 is 1.67 bits per heavy atom. The predicted molar refractivity (Wildman–Crippen MR) is 78.5 cm³/mol. The highest BCUT2D eigenvalue weighted by atomic mass is 16.4. The van der Waals surface area contributed by atoms with Crippen LogP contribution in [0.5, 0.6) is 5.75 Å². The Bertz CT molecular complexity index is 650. The number of aromatic hydroxyl groups is 1. The third-order valence-corrected chi connectivity index (χ3v) is 3.01. The molecule has 0 atom stereocenters. The summed E-state index contributed by atoms with van der Waals surface area (Å²) in [6.07, 6.45) is 0.750. The van der Waals surface area contributed by atoms with Gasteiger partial charge in [-0.3, -0.25) is 4.79 Å². The van der Waals surface area contributed by atoms with Crippen molar-refractivity contribution in [2.45, 2.75) is 12.8 Å². The summed E-state index contributed by atoms with van der Waals surface area (Å²) >= 11 is 0. The zero-order chi connectivity index (χ0) is 15.2. The van der Waals surface area contributed by atoms with E-state index in [4.69, 9.17) is 5.11 Å². The van der Waals surface area contributed by atoms with Crippen LogP contribution in [0.25, 0.3) is 0 Å². The molecule has 2 aromatic rings. The fourth-order valence-electron chi connectivity index (χ4n) is 1.91. The second kappa shape index (κ2) is 6.56. The van der Waals surface area contributed by atoms with Gasteiger partial charge in [-0.05, 0) is 36.2 Å². The number of hydrogen-bond acceptors (Lipinski definition) is 3. The molecule has 3 N–H and O–H groups in total.